The summed E-state index contributed by atoms with van der Waals surface area (Å²) in [5, 5.41) is 2.99. The highest BCUT2D eigenvalue weighted by atomic mass is 32.2. The minimum Gasteiger partial charge on any atom is -0.370 e. The van der Waals surface area contributed by atoms with Crippen LogP contribution in [0.25, 0.3) is 0 Å². The summed E-state index contributed by atoms with van der Waals surface area (Å²) in [6.07, 6.45) is 2.68. The molecule has 0 atom stereocenters. The van der Waals surface area contributed by atoms with Crippen molar-refractivity contribution in [1.29, 1.82) is 0 Å². The standard InChI is InChI=1S/C16H20N4O2S/c1-11-6-7-13(9-12(11)2)20-16(17)19-10-14-15(23(3,21)22)5-4-8-18-14/h4-9H,10H2,1-3H3,(H3,17,19,20). The number of benzene rings is 1. The van der Waals surface area contributed by atoms with Gasteiger partial charge in [-0.05, 0) is 49.2 Å². The topological polar surface area (TPSA) is 97.4 Å². The molecule has 3 N–H and O–H groups in total. The van der Waals surface area contributed by atoms with Crippen LogP contribution in [0.15, 0.2) is 46.4 Å². The highest BCUT2D eigenvalue weighted by Gasteiger charge is 2.13. The Hall–Kier alpha value is -2.41. The van der Waals surface area contributed by atoms with E-state index < -0.39 is 9.84 Å². The molecule has 0 unspecified atom stereocenters. The first-order valence-corrected chi connectivity index (χ1v) is 8.94. The first-order valence-electron chi connectivity index (χ1n) is 7.05. The van der Waals surface area contributed by atoms with Crippen LogP contribution in [0.5, 0.6) is 0 Å². The van der Waals surface area contributed by atoms with Crippen molar-refractivity contribution in [3.63, 3.8) is 0 Å². The monoisotopic (exact) mass is 332 g/mol. The fraction of sp³-hybridized carbons (Fsp3) is 0.250. The van der Waals surface area contributed by atoms with Gasteiger partial charge in [-0.3, -0.25) is 4.98 Å². The van der Waals surface area contributed by atoms with Crippen molar-refractivity contribution < 1.29 is 8.42 Å². The maximum atomic E-state index is 11.7. The van der Waals surface area contributed by atoms with E-state index in [9.17, 15) is 8.42 Å². The minimum atomic E-state index is -3.34. The van der Waals surface area contributed by atoms with Gasteiger partial charge in [-0.15, -0.1) is 0 Å². The molecule has 1 aromatic carbocycles. The van der Waals surface area contributed by atoms with Crippen LogP contribution in [0.3, 0.4) is 0 Å². The van der Waals surface area contributed by atoms with E-state index in [1.54, 1.807) is 6.07 Å². The lowest BCUT2D eigenvalue weighted by Gasteiger charge is -2.09. The molecule has 0 saturated carbocycles. The molecular formula is C16H20N4O2S. The van der Waals surface area contributed by atoms with E-state index in [4.69, 9.17) is 5.73 Å². The number of nitrogens with two attached hydrogens (primary N) is 1. The molecule has 1 heterocycles. The molecule has 0 aliphatic heterocycles. The molecule has 0 bridgehead atoms. The van der Waals surface area contributed by atoms with E-state index >= 15 is 0 Å². The number of pyridine rings is 1. The molecule has 0 spiro atoms. The van der Waals surface area contributed by atoms with Crippen LogP contribution < -0.4 is 11.1 Å². The predicted molar refractivity (Wildman–Crippen MR) is 92.2 cm³/mol. The third kappa shape index (κ3) is 4.53. The zero-order valence-corrected chi connectivity index (χ0v) is 14.2. The van der Waals surface area contributed by atoms with E-state index in [0.29, 0.717) is 5.69 Å². The summed E-state index contributed by atoms with van der Waals surface area (Å²) < 4.78 is 23.4. The average molecular weight is 332 g/mol. The highest BCUT2D eigenvalue weighted by Crippen LogP contribution is 2.15. The Kier molecular flexibility index (Phi) is 5.00. The maximum absolute atomic E-state index is 11.7. The number of sulfone groups is 1. The van der Waals surface area contributed by atoms with Crippen LogP contribution in [0.4, 0.5) is 5.69 Å². The molecule has 0 aliphatic rings. The van der Waals surface area contributed by atoms with E-state index in [0.717, 1.165) is 17.5 Å². The van der Waals surface area contributed by atoms with Gasteiger partial charge in [-0.1, -0.05) is 6.07 Å². The number of anilines is 1. The summed E-state index contributed by atoms with van der Waals surface area (Å²) in [5.74, 6) is 0.207. The van der Waals surface area contributed by atoms with E-state index in [2.05, 4.69) is 15.3 Å². The van der Waals surface area contributed by atoms with Gasteiger partial charge in [-0.25, -0.2) is 13.4 Å². The molecule has 7 heteroatoms. The summed E-state index contributed by atoms with van der Waals surface area (Å²) in [5.41, 5.74) is 9.41. The first kappa shape index (κ1) is 17.0. The first-order chi connectivity index (χ1) is 10.8. The molecule has 0 aliphatic carbocycles. The molecule has 0 saturated heterocycles. The second kappa shape index (κ2) is 6.78. The van der Waals surface area contributed by atoms with Crippen molar-refractivity contribution in [2.75, 3.05) is 11.6 Å². The molecular weight excluding hydrogens is 312 g/mol. The third-order valence-corrected chi connectivity index (χ3v) is 4.60. The molecule has 0 amide bonds. The van der Waals surface area contributed by atoms with Crippen molar-refractivity contribution in [3.05, 3.63) is 53.3 Å². The molecule has 2 rings (SSSR count). The predicted octanol–water partition coefficient (Wildman–Crippen LogP) is 2.03. The SMILES string of the molecule is Cc1ccc(NC(N)=NCc2ncccc2S(C)(=O)=O)cc1C. The largest absolute Gasteiger partial charge is 0.370 e. The van der Waals surface area contributed by atoms with Gasteiger partial charge >= 0.3 is 0 Å². The van der Waals surface area contributed by atoms with E-state index in [-0.39, 0.29) is 17.4 Å². The van der Waals surface area contributed by atoms with Crippen molar-refractivity contribution in [2.45, 2.75) is 25.3 Å². The van der Waals surface area contributed by atoms with E-state index in [1.807, 2.05) is 32.0 Å². The van der Waals surface area contributed by atoms with Gasteiger partial charge in [0.25, 0.3) is 0 Å². The summed E-state index contributed by atoms with van der Waals surface area (Å²) in [6, 6.07) is 8.97. The fourth-order valence-corrected chi connectivity index (χ4v) is 2.92. The molecule has 122 valence electrons. The number of aromatic nitrogens is 1. The van der Waals surface area contributed by atoms with Crippen LogP contribution in [0.2, 0.25) is 0 Å². The normalized spacial score (nSPS) is 12.2. The van der Waals surface area contributed by atoms with Gasteiger partial charge in [0.05, 0.1) is 17.1 Å². The number of nitrogens with zero attached hydrogens (tertiary/aromatic N) is 2. The lowest BCUT2D eigenvalue weighted by molar-refractivity contribution is 0.600. The lowest BCUT2D eigenvalue weighted by atomic mass is 10.1. The fourth-order valence-electron chi connectivity index (χ4n) is 2.05. The molecule has 1 aromatic heterocycles. The second-order valence-corrected chi connectivity index (χ2v) is 7.33. The van der Waals surface area contributed by atoms with Crippen LogP contribution in [0.1, 0.15) is 16.8 Å². The van der Waals surface area contributed by atoms with E-state index in [1.165, 1.54) is 17.8 Å². The minimum absolute atomic E-state index is 0.0902. The summed E-state index contributed by atoms with van der Waals surface area (Å²) in [7, 11) is -3.34. The second-order valence-electron chi connectivity index (χ2n) is 5.35. The van der Waals surface area contributed by atoms with Gasteiger partial charge in [0.2, 0.25) is 0 Å². The Morgan fingerprint density at radius 3 is 2.65 bits per heavy atom. The third-order valence-electron chi connectivity index (χ3n) is 3.43. The zero-order valence-electron chi connectivity index (χ0n) is 13.4. The van der Waals surface area contributed by atoms with Crippen molar-refractivity contribution in [1.82, 2.24) is 4.98 Å². The van der Waals surface area contributed by atoms with Gasteiger partial charge in [0.15, 0.2) is 15.8 Å². The number of aryl methyl sites for hydroxylation is 2. The summed E-state index contributed by atoms with van der Waals surface area (Å²) in [4.78, 5) is 8.42. The molecule has 0 radical (unpaired) electrons. The van der Waals surface area contributed by atoms with Gasteiger partial charge in [0, 0.05) is 18.1 Å². The van der Waals surface area contributed by atoms with Crippen LogP contribution >= 0.6 is 0 Å². The van der Waals surface area contributed by atoms with Crippen LogP contribution in [-0.2, 0) is 16.4 Å². The number of rotatable bonds is 4. The number of aliphatic imine (C=N–C) groups is 1. The Balaban J connectivity index is 2.16. The Morgan fingerprint density at radius 1 is 1.26 bits per heavy atom. The highest BCUT2D eigenvalue weighted by molar-refractivity contribution is 7.90. The summed E-state index contributed by atoms with van der Waals surface area (Å²) >= 11 is 0. The van der Waals surface area contributed by atoms with Gasteiger partial charge in [0.1, 0.15) is 0 Å². The Morgan fingerprint density at radius 2 is 2.00 bits per heavy atom. The van der Waals surface area contributed by atoms with Crippen molar-refractivity contribution in [3.8, 4) is 0 Å². The Bertz CT molecular complexity index is 845. The lowest BCUT2D eigenvalue weighted by Crippen LogP contribution is -2.23. The number of guanidine groups is 1. The number of nitrogens with one attached hydrogen (secondary N) is 1. The van der Waals surface area contributed by atoms with Crippen LogP contribution in [-0.4, -0.2) is 25.6 Å². The molecule has 6 nitrogen and oxygen atoms in total. The zero-order chi connectivity index (χ0) is 17.0. The number of hydrogen-bond donors (Lipinski definition) is 2. The molecule has 0 fully saturated rings. The average Bonchev–Trinajstić information content (AvgIpc) is 2.48. The smallest absolute Gasteiger partial charge is 0.193 e. The molecule has 2 aromatic rings. The maximum Gasteiger partial charge on any atom is 0.193 e. The summed E-state index contributed by atoms with van der Waals surface area (Å²) in [6.45, 7) is 4.14. The molecule has 23 heavy (non-hydrogen) atoms. The van der Waals surface area contributed by atoms with Crippen molar-refractivity contribution in [2.24, 2.45) is 10.7 Å². The van der Waals surface area contributed by atoms with Crippen LogP contribution in [0, 0.1) is 13.8 Å². The van der Waals surface area contributed by atoms with Gasteiger partial charge < -0.3 is 11.1 Å². The Labute approximate surface area is 136 Å². The van der Waals surface area contributed by atoms with Gasteiger partial charge in [-0.2, -0.15) is 0 Å². The quantitative estimate of drug-likeness (QED) is 0.659. The number of hydrogen-bond acceptors (Lipinski definition) is 4. The van der Waals surface area contributed by atoms with Crippen molar-refractivity contribution >= 4 is 21.5 Å².